The molecule has 1 unspecified atom stereocenters. The summed E-state index contributed by atoms with van der Waals surface area (Å²) in [6.45, 7) is 6.53. The van der Waals surface area contributed by atoms with Crippen LogP contribution in [0.4, 0.5) is 11.4 Å². The smallest absolute Gasteiger partial charge is 0.269 e. The molecule has 0 bridgehead atoms. The molecule has 0 fully saturated rings. The third-order valence-corrected chi connectivity index (χ3v) is 4.42. The molecule has 2 aromatic rings. The molecule has 0 saturated heterocycles. The first kappa shape index (κ1) is 20.5. The molecule has 1 N–H and O–H groups in total. The highest BCUT2D eigenvalue weighted by atomic mass is 35.5. The van der Waals surface area contributed by atoms with E-state index in [1.54, 1.807) is 30.3 Å². The van der Waals surface area contributed by atoms with Gasteiger partial charge in [0.15, 0.2) is 0 Å². The second-order valence-electron chi connectivity index (χ2n) is 5.98. The van der Waals surface area contributed by atoms with Crippen LogP contribution >= 0.6 is 11.6 Å². The summed E-state index contributed by atoms with van der Waals surface area (Å²) in [7, 11) is 0. The van der Waals surface area contributed by atoms with Gasteiger partial charge in [0, 0.05) is 35.9 Å². The summed E-state index contributed by atoms with van der Waals surface area (Å²) in [5, 5.41) is 14.4. The van der Waals surface area contributed by atoms with Crippen LogP contribution in [0, 0.1) is 10.1 Å². The van der Waals surface area contributed by atoms with E-state index in [1.807, 2.05) is 24.0 Å². The molecule has 0 aliphatic heterocycles. The Hall–Kier alpha value is -2.86. The molecule has 6 nitrogen and oxygen atoms in total. The van der Waals surface area contributed by atoms with Gasteiger partial charge >= 0.3 is 0 Å². The third kappa shape index (κ3) is 5.56. The third-order valence-electron chi connectivity index (χ3n) is 4.16. The molecule has 0 aliphatic carbocycles. The number of carbonyl (C=O) groups excluding carboxylic acids is 1. The van der Waals surface area contributed by atoms with Crippen LogP contribution in [0.2, 0.25) is 5.02 Å². The number of non-ortho nitro benzene ring substituents is 1. The molecule has 27 heavy (non-hydrogen) atoms. The molecule has 0 aliphatic rings. The number of anilines is 1. The van der Waals surface area contributed by atoms with Crippen molar-refractivity contribution in [2.75, 3.05) is 11.4 Å². The first-order valence-corrected chi connectivity index (χ1v) is 8.98. The first-order chi connectivity index (χ1) is 13.0. The molecule has 1 amide bonds. The van der Waals surface area contributed by atoms with Crippen LogP contribution in [-0.4, -0.2) is 23.4 Å². The van der Waals surface area contributed by atoms with Gasteiger partial charge in [-0.1, -0.05) is 36.7 Å². The summed E-state index contributed by atoms with van der Waals surface area (Å²) in [6.07, 6.45) is 2.29. The largest absolute Gasteiger partial charge is 0.356 e. The Balaban J connectivity index is 2.13. The topological polar surface area (TPSA) is 75.5 Å². The standard InChI is InChI=1S/C20H22ClN3O3/c1-3-13-23(17-9-11-18(12-10-17)24(26)27)19(4-2)20(25)22-14-15-5-7-16(21)8-6-15/h3,5-12,19H,1,4,13-14H2,2H3,(H,22,25). The molecule has 0 spiro atoms. The van der Waals surface area contributed by atoms with Gasteiger partial charge in [0.25, 0.3) is 5.69 Å². The Kier molecular flexibility index (Phi) is 7.37. The zero-order valence-electron chi connectivity index (χ0n) is 15.1. The van der Waals surface area contributed by atoms with E-state index in [0.29, 0.717) is 24.5 Å². The molecule has 1 atom stereocenters. The predicted molar refractivity (Wildman–Crippen MR) is 108 cm³/mol. The number of nitro groups is 1. The molecule has 0 aromatic heterocycles. The van der Waals surface area contributed by atoms with Gasteiger partial charge in [0.05, 0.1) is 4.92 Å². The van der Waals surface area contributed by atoms with Gasteiger partial charge in [-0.15, -0.1) is 6.58 Å². The molecular formula is C20H22ClN3O3. The fraction of sp³-hybridized carbons (Fsp3) is 0.250. The zero-order valence-corrected chi connectivity index (χ0v) is 15.9. The number of hydrogen-bond donors (Lipinski definition) is 1. The van der Waals surface area contributed by atoms with Crippen molar-refractivity contribution in [3.63, 3.8) is 0 Å². The van der Waals surface area contributed by atoms with Gasteiger partial charge in [0.1, 0.15) is 6.04 Å². The van der Waals surface area contributed by atoms with E-state index in [1.165, 1.54) is 12.1 Å². The monoisotopic (exact) mass is 387 g/mol. The molecule has 7 heteroatoms. The van der Waals surface area contributed by atoms with E-state index in [2.05, 4.69) is 11.9 Å². The number of nitrogens with zero attached hydrogens (tertiary/aromatic N) is 2. The molecule has 2 rings (SSSR count). The van der Waals surface area contributed by atoms with Crippen molar-refractivity contribution in [2.45, 2.75) is 25.9 Å². The van der Waals surface area contributed by atoms with Gasteiger partial charge in [-0.05, 0) is 36.2 Å². The van der Waals surface area contributed by atoms with Crippen LogP contribution in [-0.2, 0) is 11.3 Å². The lowest BCUT2D eigenvalue weighted by Gasteiger charge is -2.31. The molecule has 0 radical (unpaired) electrons. The fourth-order valence-electron chi connectivity index (χ4n) is 2.77. The lowest BCUT2D eigenvalue weighted by atomic mass is 10.1. The lowest BCUT2D eigenvalue weighted by molar-refractivity contribution is -0.384. The Labute approximate surface area is 163 Å². The first-order valence-electron chi connectivity index (χ1n) is 8.60. The number of rotatable bonds is 9. The summed E-state index contributed by atoms with van der Waals surface area (Å²) < 4.78 is 0. The van der Waals surface area contributed by atoms with Crippen LogP contribution in [0.25, 0.3) is 0 Å². The lowest BCUT2D eigenvalue weighted by Crippen LogP contribution is -2.46. The quantitative estimate of drug-likeness (QED) is 0.394. The number of carbonyl (C=O) groups is 1. The average Bonchev–Trinajstić information content (AvgIpc) is 2.67. The Morgan fingerprint density at radius 2 is 1.89 bits per heavy atom. The molecule has 142 valence electrons. The fourth-order valence-corrected chi connectivity index (χ4v) is 2.90. The highest BCUT2D eigenvalue weighted by Gasteiger charge is 2.24. The number of hydrogen-bond acceptors (Lipinski definition) is 4. The van der Waals surface area contributed by atoms with Crippen LogP contribution in [0.3, 0.4) is 0 Å². The predicted octanol–water partition coefficient (Wildman–Crippen LogP) is 4.34. The van der Waals surface area contributed by atoms with Crippen molar-refractivity contribution in [3.8, 4) is 0 Å². The summed E-state index contributed by atoms with van der Waals surface area (Å²) in [5.74, 6) is -0.118. The van der Waals surface area contributed by atoms with E-state index < -0.39 is 11.0 Å². The Morgan fingerprint density at radius 1 is 1.26 bits per heavy atom. The number of nitrogens with one attached hydrogen (secondary N) is 1. The van der Waals surface area contributed by atoms with Crippen LogP contribution < -0.4 is 10.2 Å². The molecular weight excluding hydrogens is 366 g/mol. The minimum absolute atomic E-state index is 0.0116. The Morgan fingerprint density at radius 3 is 2.41 bits per heavy atom. The number of amides is 1. The van der Waals surface area contributed by atoms with Gasteiger partial charge in [-0.3, -0.25) is 14.9 Å². The van der Waals surface area contributed by atoms with Gasteiger partial charge in [-0.2, -0.15) is 0 Å². The van der Waals surface area contributed by atoms with Crippen molar-refractivity contribution in [1.29, 1.82) is 0 Å². The SMILES string of the molecule is C=CCN(c1ccc([N+](=O)[O-])cc1)C(CC)C(=O)NCc1ccc(Cl)cc1. The summed E-state index contributed by atoms with van der Waals surface area (Å²) >= 11 is 5.88. The van der Waals surface area contributed by atoms with E-state index in [-0.39, 0.29) is 11.6 Å². The van der Waals surface area contributed by atoms with E-state index in [4.69, 9.17) is 11.6 Å². The van der Waals surface area contributed by atoms with E-state index >= 15 is 0 Å². The van der Waals surface area contributed by atoms with E-state index in [9.17, 15) is 14.9 Å². The molecule has 0 heterocycles. The molecule has 0 saturated carbocycles. The van der Waals surface area contributed by atoms with Gasteiger partial charge < -0.3 is 10.2 Å². The van der Waals surface area contributed by atoms with Crippen LogP contribution in [0.5, 0.6) is 0 Å². The Bertz CT molecular complexity index is 791. The molecule has 2 aromatic carbocycles. The second-order valence-corrected chi connectivity index (χ2v) is 6.42. The minimum atomic E-state index is -0.447. The van der Waals surface area contributed by atoms with Gasteiger partial charge in [0.2, 0.25) is 5.91 Å². The van der Waals surface area contributed by atoms with Crippen molar-refractivity contribution in [1.82, 2.24) is 5.32 Å². The summed E-state index contributed by atoms with van der Waals surface area (Å²) in [6, 6.07) is 13.0. The number of benzene rings is 2. The minimum Gasteiger partial charge on any atom is -0.356 e. The van der Waals surface area contributed by atoms with E-state index in [0.717, 1.165) is 11.3 Å². The summed E-state index contributed by atoms with van der Waals surface area (Å²) in [4.78, 5) is 25.0. The highest BCUT2D eigenvalue weighted by Crippen LogP contribution is 2.22. The van der Waals surface area contributed by atoms with Crippen molar-refractivity contribution < 1.29 is 9.72 Å². The highest BCUT2D eigenvalue weighted by molar-refractivity contribution is 6.30. The maximum absolute atomic E-state index is 12.8. The average molecular weight is 388 g/mol. The van der Waals surface area contributed by atoms with Crippen molar-refractivity contribution in [2.24, 2.45) is 0 Å². The normalized spacial score (nSPS) is 11.5. The maximum Gasteiger partial charge on any atom is 0.269 e. The van der Waals surface area contributed by atoms with Crippen LogP contribution in [0.15, 0.2) is 61.2 Å². The van der Waals surface area contributed by atoms with Crippen molar-refractivity contribution >= 4 is 28.9 Å². The number of halogens is 1. The number of nitro benzene ring substituents is 1. The van der Waals surface area contributed by atoms with Gasteiger partial charge in [-0.25, -0.2) is 0 Å². The van der Waals surface area contributed by atoms with Crippen LogP contribution in [0.1, 0.15) is 18.9 Å². The summed E-state index contributed by atoms with van der Waals surface area (Å²) in [5.41, 5.74) is 1.69. The maximum atomic E-state index is 12.8. The zero-order chi connectivity index (χ0) is 19.8. The van der Waals surface area contributed by atoms with Crippen molar-refractivity contribution in [3.05, 3.63) is 81.9 Å². The second kappa shape index (κ2) is 9.73.